The zero-order valence-corrected chi connectivity index (χ0v) is 34.1. The zero-order chi connectivity index (χ0) is 38.6. The number of hydrogen-bond acceptors (Lipinski definition) is 9. The fraction of sp³-hybridized carbons (Fsp3) is 0.634. The molecule has 1 N–H and O–H groups in total. The van der Waals surface area contributed by atoms with Gasteiger partial charge in [-0.05, 0) is 91.5 Å². The molecule has 0 radical (unpaired) electrons. The number of halogens is 2. The van der Waals surface area contributed by atoms with E-state index in [1.807, 2.05) is 65.8 Å². The largest absolute Gasteiger partial charge is 0.444 e. The van der Waals surface area contributed by atoms with E-state index in [2.05, 4.69) is 26.1 Å². The van der Waals surface area contributed by atoms with Crippen molar-refractivity contribution in [3.8, 4) is 0 Å². The highest BCUT2D eigenvalue weighted by molar-refractivity contribution is 6.33. The number of rotatable bonds is 5. The molecular formula is C41H64Cl2N6O5. The van der Waals surface area contributed by atoms with Crippen molar-refractivity contribution in [2.75, 3.05) is 88.3 Å². The van der Waals surface area contributed by atoms with E-state index in [9.17, 15) is 14.4 Å². The first-order valence-corrected chi connectivity index (χ1v) is 19.8. The molecular weight excluding hydrogens is 727 g/mol. The van der Waals surface area contributed by atoms with Gasteiger partial charge < -0.3 is 34.4 Å². The zero-order valence-electron chi connectivity index (χ0n) is 32.6. The van der Waals surface area contributed by atoms with Crippen LogP contribution in [0.25, 0.3) is 0 Å². The maximum absolute atomic E-state index is 12.2. The van der Waals surface area contributed by atoms with Crippen LogP contribution >= 0.6 is 23.2 Å². The highest BCUT2D eigenvalue weighted by Crippen LogP contribution is 2.32. The SMILES string of the molecule is C.CC(C)(C)OC(=O)N1CCN(Cc2c(Cl)cccc2N2CCCC2)CC1.CC(C)(C)OC(=O)N1CCNCC1.O=Cc1c(Cl)cccc1N1CCCC1. The Balaban J connectivity index is 0.000000237. The van der Waals surface area contributed by atoms with Gasteiger partial charge in [-0.3, -0.25) is 9.69 Å². The summed E-state index contributed by atoms with van der Waals surface area (Å²) in [5.41, 5.74) is 3.24. The Morgan fingerprint density at radius 2 is 1.11 bits per heavy atom. The van der Waals surface area contributed by atoms with E-state index in [4.69, 9.17) is 32.7 Å². The molecule has 0 saturated carbocycles. The number of hydrogen-bond donors (Lipinski definition) is 1. The Kier molecular flexibility index (Phi) is 17.7. The number of piperazine rings is 2. The van der Waals surface area contributed by atoms with Crippen molar-refractivity contribution in [3.05, 3.63) is 57.6 Å². The smallest absolute Gasteiger partial charge is 0.410 e. The molecule has 4 heterocycles. The van der Waals surface area contributed by atoms with Crippen molar-refractivity contribution < 1.29 is 23.9 Å². The Morgan fingerprint density at radius 1 is 0.667 bits per heavy atom. The van der Waals surface area contributed by atoms with Crippen molar-refractivity contribution in [2.45, 2.75) is 92.4 Å². The molecule has 2 amide bonds. The number of anilines is 2. The standard InChI is InChI=1S/C20H30ClN3O2.C11H12ClNO.C9H18N2O2.CH4/c1-20(2,3)26-19(25)24-13-11-22(12-14-24)15-16-17(21)7-6-8-18(16)23-9-4-5-10-23;12-10-4-3-5-11(9(10)8-14)13-6-1-2-7-13;1-9(2,3)13-8(12)11-6-4-10-5-7-11;/h6-8H,4-5,9-15H2,1-3H3;3-5,8H,1-2,6-7H2;10H,4-7H2,1-3H3;1H4. The van der Waals surface area contributed by atoms with Crippen molar-refractivity contribution in [1.29, 1.82) is 0 Å². The summed E-state index contributed by atoms with van der Waals surface area (Å²) in [5.74, 6) is 0. The molecule has 4 aliphatic rings. The lowest BCUT2D eigenvalue weighted by Gasteiger charge is -2.36. The van der Waals surface area contributed by atoms with E-state index < -0.39 is 5.60 Å². The van der Waals surface area contributed by atoms with Crippen LogP contribution < -0.4 is 15.1 Å². The van der Waals surface area contributed by atoms with Crippen LogP contribution in [-0.2, 0) is 16.0 Å². The number of aldehydes is 1. The van der Waals surface area contributed by atoms with Crippen LogP contribution in [-0.4, -0.2) is 123 Å². The van der Waals surface area contributed by atoms with Crippen LogP contribution in [0.5, 0.6) is 0 Å². The first-order chi connectivity index (χ1) is 25.1. The summed E-state index contributed by atoms with van der Waals surface area (Å²) in [6.07, 6.45) is 5.33. The second-order valence-electron chi connectivity index (χ2n) is 15.9. The molecule has 4 fully saturated rings. The van der Waals surface area contributed by atoms with Gasteiger partial charge in [-0.15, -0.1) is 0 Å². The van der Waals surface area contributed by atoms with Crippen molar-refractivity contribution in [3.63, 3.8) is 0 Å². The highest BCUT2D eigenvalue weighted by Gasteiger charge is 2.27. The maximum Gasteiger partial charge on any atom is 0.410 e. The third-order valence-electron chi connectivity index (χ3n) is 9.31. The minimum absolute atomic E-state index is 0. The van der Waals surface area contributed by atoms with E-state index in [1.54, 1.807) is 15.9 Å². The molecule has 0 atom stereocenters. The second kappa shape index (κ2) is 21.2. The summed E-state index contributed by atoms with van der Waals surface area (Å²) in [4.78, 5) is 45.2. The molecule has 0 aliphatic carbocycles. The van der Waals surface area contributed by atoms with Gasteiger partial charge in [0.25, 0.3) is 0 Å². The van der Waals surface area contributed by atoms with Crippen molar-refractivity contribution in [1.82, 2.24) is 20.0 Å². The number of amides is 2. The predicted octanol–water partition coefficient (Wildman–Crippen LogP) is 8.21. The molecule has 54 heavy (non-hydrogen) atoms. The lowest BCUT2D eigenvalue weighted by atomic mass is 10.1. The summed E-state index contributed by atoms with van der Waals surface area (Å²) in [7, 11) is 0. The fourth-order valence-corrected chi connectivity index (χ4v) is 7.09. The molecule has 4 saturated heterocycles. The predicted molar refractivity (Wildman–Crippen MR) is 222 cm³/mol. The molecule has 0 unspecified atom stereocenters. The van der Waals surface area contributed by atoms with Gasteiger partial charge in [0.1, 0.15) is 11.2 Å². The first kappa shape index (κ1) is 45.1. The Hall–Kier alpha value is -3.25. The number of ether oxygens (including phenoxy) is 2. The molecule has 13 heteroatoms. The van der Waals surface area contributed by atoms with Crippen LogP contribution in [0.4, 0.5) is 21.0 Å². The number of benzene rings is 2. The van der Waals surface area contributed by atoms with Gasteiger partial charge in [-0.25, -0.2) is 9.59 Å². The summed E-state index contributed by atoms with van der Waals surface area (Å²) in [6, 6.07) is 11.8. The van der Waals surface area contributed by atoms with Gasteiger partial charge in [-0.2, -0.15) is 0 Å². The van der Waals surface area contributed by atoms with E-state index >= 15 is 0 Å². The van der Waals surface area contributed by atoms with E-state index in [-0.39, 0.29) is 25.2 Å². The first-order valence-electron chi connectivity index (χ1n) is 19.0. The average Bonchev–Trinajstić information content (AvgIpc) is 3.85. The van der Waals surface area contributed by atoms with E-state index in [0.717, 1.165) is 89.0 Å². The summed E-state index contributed by atoms with van der Waals surface area (Å²) in [5, 5.41) is 4.57. The van der Waals surface area contributed by atoms with Gasteiger partial charge in [0.05, 0.1) is 10.6 Å². The van der Waals surface area contributed by atoms with E-state index in [1.165, 1.54) is 36.9 Å². The summed E-state index contributed by atoms with van der Waals surface area (Å²) >= 11 is 12.5. The number of carbonyl (C=O) groups excluding carboxylic acids is 3. The van der Waals surface area contributed by atoms with Crippen LogP contribution in [0, 0.1) is 0 Å². The normalized spacial score (nSPS) is 17.8. The number of nitrogens with one attached hydrogen (secondary N) is 1. The second-order valence-corrected chi connectivity index (χ2v) is 16.7. The molecule has 0 bridgehead atoms. The average molecular weight is 792 g/mol. The van der Waals surface area contributed by atoms with Gasteiger partial charge in [0.15, 0.2) is 6.29 Å². The Labute approximate surface area is 334 Å². The van der Waals surface area contributed by atoms with Gasteiger partial charge in [-0.1, -0.05) is 42.8 Å². The molecule has 11 nitrogen and oxygen atoms in total. The highest BCUT2D eigenvalue weighted by atomic mass is 35.5. The molecule has 6 rings (SSSR count). The molecule has 2 aromatic rings. The third-order valence-corrected chi connectivity index (χ3v) is 9.99. The van der Waals surface area contributed by atoms with Crippen LogP contribution in [0.15, 0.2) is 36.4 Å². The maximum atomic E-state index is 12.2. The molecule has 0 aromatic heterocycles. The quantitative estimate of drug-likeness (QED) is 0.301. The van der Waals surface area contributed by atoms with Gasteiger partial charge in [0, 0.05) is 107 Å². The fourth-order valence-electron chi connectivity index (χ4n) is 6.65. The van der Waals surface area contributed by atoms with Crippen LogP contribution in [0.1, 0.15) is 90.6 Å². The number of carbonyl (C=O) groups is 3. The minimum atomic E-state index is -0.448. The van der Waals surface area contributed by atoms with Crippen LogP contribution in [0.3, 0.4) is 0 Å². The molecule has 302 valence electrons. The van der Waals surface area contributed by atoms with Gasteiger partial charge in [0.2, 0.25) is 0 Å². The lowest BCUT2D eigenvalue weighted by molar-refractivity contribution is 0.0138. The third kappa shape index (κ3) is 14.1. The number of nitrogens with zero attached hydrogens (tertiary/aromatic N) is 5. The topological polar surface area (TPSA) is 97.9 Å². The summed E-state index contributed by atoms with van der Waals surface area (Å²) < 4.78 is 10.7. The lowest BCUT2D eigenvalue weighted by Crippen LogP contribution is -2.49. The molecule has 4 aliphatic heterocycles. The Morgan fingerprint density at radius 3 is 1.59 bits per heavy atom. The van der Waals surface area contributed by atoms with Crippen LogP contribution in [0.2, 0.25) is 10.0 Å². The minimum Gasteiger partial charge on any atom is -0.444 e. The van der Waals surface area contributed by atoms with Crippen molar-refractivity contribution >= 4 is 53.0 Å². The summed E-state index contributed by atoms with van der Waals surface area (Å²) in [6.45, 7) is 22.7. The van der Waals surface area contributed by atoms with Gasteiger partial charge >= 0.3 is 12.2 Å². The Bertz CT molecular complexity index is 1490. The van der Waals surface area contributed by atoms with E-state index in [0.29, 0.717) is 23.7 Å². The monoisotopic (exact) mass is 790 g/mol. The molecule has 2 aromatic carbocycles. The van der Waals surface area contributed by atoms with Crippen molar-refractivity contribution in [2.24, 2.45) is 0 Å². The molecule has 0 spiro atoms.